The number of amides is 1. The van der Waals surface area contributed by atoms with Crippen molar-refractivity contribution in [2.75, 3.05) is 54.8 Å². The van der Waals surface area contributed by atoms with Crippen molar-refractivity contribution in [1.29, 1.82) is 15.8 Å². The van der Waals surface area contributed by atoms with Crippen LogP contribution in [0.25, 0.3) is 11.4 Å². The molecule has 1 spiro atoms. The number of nitrogens with one attached hydrogen (secondary N) is 1. The van der Waals surface area contributed by atoms with Gasteiger partial charge in [0.15, 0.2) is 11.5 Å². The number of carbonyl (C=O) groups excluding carboxylic acids is 1. The van der Waals surface area contributed by atoms with E-state index in [0.29, 0.717) is 47.5 Å². The fourth-order valence-corrected chi connectivity index (χ4v) is 11.0. The van der Waals surface area contributed by atoms with Crippen LogP contribution in [0.4, 0.5) is 21.6 Å². The average molecular weight is 745 g/mol. The van der Waals surface area contributed by atoms with Crippen molar-refractivity contribution in [1.82, 2.24) is 40.3 Å². The second-order valence-corrected chi connectivity index (χ2v) is 16.3. The van der Waals surface area contributed by atoms with Crippen LogP contribution < -0.4 is 20.9 Å². The SMILES string of the molecule is C[C@H]1CNCCN1c1nc(-c2noc3c2CCC[C@@]32CCCc3sc(N)c(C#N)c32)cc(N2CCC3CN(C(=O)n4ncc(C#N)n4)C(CC#N)C3C2)n1. The Morgan fingerprint density at radius 3 is 2.78 bits per heavy atom. The lowest BCUT2D eigenvalue weighted by Gasteiger charge is -2.39. The van der Waals surface area contributed by atoms with E-state index in [-0.39, 0.29) is 36.0 Å². The summed E-state index contributed by atoms with van der Waals surface area (Å²) >= 11 is 1.53. The van der Waals surface area contributed by atoms with E-state index in [2.05, 4.69) is 44.4 Å². The number of nitrogens with two attached hydrogens (primary N) is 1. The molecule has 3 unspecified atom stereocenters. The molecule has 3 N–H and O–H groups in total. The number of nitrogens with zero attached hydrogens (tertiary/aromatic N) is 12. The molecule has 0 bridgehead atoms. The Balaban J connectivity index is 1.09. The van der Waals surface area contributed by atoms with Crippen molar-refractivity contribution in [2.24, 2.45) is 11.8 Å². The lowest BCUT2D eigenvalue weighted by molar-refractivity contribution is 0.181. The first kappa shape index (κ1) is 34.2. The molecule has 5 aliphatic rings. The molecule has 4 aromatic heterocycles. The summed E-state index contributed by atoms with van der Waals surface area (Å²) in [7, 11) is 0. The number of rotatable bonds is 4. The Morgan fingerprint density at radius 2 is 2.00 bits per heavy atom. The summed E-state index contributed by atoms with van der Waals surface area (Å²) in [6.45, 7) is 6.35. The zero-order valence-corrected chi connectivity index (χ0v) is 30.8. The lowest BCUT2D eigenvalue weighted by Crippen LogP contribution is -2.50. The minimum absolute atomic E-state index is 0.0147. The number of aromatic nitrogens is 6. The van der Waals surface area contributed by atoms with Gasteiger partial charge in [0.05, 0.1) is 35.7 Å². The van der Waals surface area contributed by atoms with Crippen molar-refractivity contribution >= 4 is 34.1 Å². The number of nitriles is 3. The summed E-state index contributed by atoms with van der Waals surface area (Å²) in [5, 5.41) is 46.2. The fraction of sp³-hybridized carbons (Fsp3) is 0.541. The summed E-state index contributed by atoms with van der Waals surface area (Å²) in [6, 6.07) is 8.05. The zero-order valence-electron chi connectivity index (χ0n) is 30.0. The number of carbonyl (C=O) groups is 1. The molecular formula is C37H40N14O2S. The van der Waals surface area contributed by atoms with Crippen LogP contribution in [0.1, 0.15) is 78.5 Å². The van der Waals surface area contributed by atoms with Gasteiger partial charge in [-0.15, -0.1) is 16.4 Å². The van der Waals surface area contributed by atoms with Crippen LogP contribution in [-0.2, 0) is 18.3 Å². The minimum atomic E-state index is -0.442. The molecule has 3 fully saturated rings. The smallest absolute Gasteiger partial charge is 0.362 e. The maximum absolute atomic E-state index is 13.6. The predicted octanol–water partition coefficient (Wildman–Crippen LogP) is 3.58. The number of thiophene rings is 1. The molecule has 276 valence electrons. The molecule has 3 aliphatic heterocycles. The van der Waals surface area contributed by atoms with Gasteiger partial charge >= 0.3 is 6.03 Å². The highest BCUT2D eigenvalue weighted by Gasteiger charge is 2.50. The molecule has 0 saturated carbocycles. The standard InChI is InChI=1S/C37H40N14O2S/c1-21-17-42-11-13-49(21)35-44-27(32-24-4-2-8-37(33(24)53-47-32)9-3-5-29-31(37)25(16-40)34(41)54-29)14-30(45-35)48-12-7-22-19-50(28(6-10-38)26(22)20-48)36(52)51-43-18-23(15-39)46-51/h14,18,21-22,26,28,42H,2-9,11-13,17,19-20,41H2,1H3/t21-,22?,26?,28?,37-/m0/s1. The Labute approximate surface area is 316 Å². The second kappa shape index (κ2) is 13.4. The summed E-state index contributed by atoms with van der Waals surface area (Å²) < 4.78 is 6.38. The van der Waals surface area contributed by atoms with Crippen LogP contribution in [-0.4, -0.2) is 92.4 Å². The Morgan fingerprint density at radius 1 is 1.15 bits per heavy atom. The molecule has 9 rings (SSSR count). The van der Waals surface area contributed by atoms with Crippen LogP contribution in [0.15, 0.2) is 16.8 Å². The summed E-state index contributed by atoms with van der Waals surface area (Å²) in [5.74, 6) is 2.44. The van der Waals surface area contributed by atoms with Gasteiger partial charge in [-0.3, -0.25) is 0 Å². The number of likely N-dealkylation sites (tertiary alicyclic amines) is 1. The molecule has 1 amide bonds. The summed E-state index contributed by atoms with van der Waals surface area (Å²) in [4.78, 5) is 32.3. The molecule has 7 heterocycles. The number of anilines is 3. The van der Waals surface area contributed by atoms with Gasteiger partial charge in [-0.1, -0.05) is 9.95 Å². The highest BCUT2D eigenvalue weighted by atomic mass is 32.1. The third-order valence-electron chi connectivity index (χ3n) is 12.3. The van der Waals surface area contributed by atoms with Crippen molar-refractivity contribution in [3.63, 3.8) is 0 Å². The molecule has 5 atom stereocenters. The quantitative estimate of drug-likeness (QED) is 0.305. The molecule has 0 radical (unpaired) electrons. The normalized spacial score (nSPS) is 26.1. The molecule has 0 aromatic carbocycles. The van der Waals surface area contributed by atoms with Crippen LogP contribution in [0.2, 0.25) is 0 Å². The van der Waals surface area contributed by atoms with E-state index in [0.717, 1.165) is 92.1 Å². The summed E-state index contributed by atoms with van der Waals surface area (Å²) in [6.07, 6.45) is 7.61. The van der Waals surface area contributed by atoms with Gasteiger partial charge in [-0.2, -0.15) is 25.9 Å². The van der Waals surface area contributed by atoms with E-state index in [9.17, 15) is 20.6 Å². The van der Waals surface area contributed by atoms with E-state index in [4.69, 9.17) is 25.4 Å². The first-order chi connectivity index (χ1) is 26.3. The molecule has 54 heavy (non-hydrogen) atoms. The van der Waals surface area contributed by atoms with E-state index in [1.807, 2.05) is 12.1 Å². The number of hydrogen-bond donors (Lipinski definition) is 2. The maximum atomic E-state index is 13.6. The molecule has 17 heteroatoms. The topological polar surface area (TPSA) is 219 Å². The number of piperazine rings is 1. The molecule has 4 aromatic rings. The van der Waals surface area contributed by atoms with E-state index < -0.39 is 11.4 Å². The molecule has 3 saturated heterocycles. The second-order valence-electron chi connectivity index (χ2n) is 15.2. The highest BCUT2D eigenvalue weighted by molar-refractivity contribution is 7.16. The van der Waals surface area contributed by atoms with Crippen molar-refractivity contribution in [2.45, 2.75) is 75.8 Å². The number of piperidine rings is 1. The van der Waals surface area contributed by atoms with Crippen LogP contribution in [0, 0.1) is 45.8 Å². The predicted molar refractivity (Wildman–Crippen MR) is 197 cm³/mol. The first-order valence-corrected chi connectivity index (χ1v) is 19.6. The third kappa shape index (κ3) is 5.38. The maximum Gasteiger partial charge on any atom is 0.362 e. The first-order valence-electron chi connectivity index (χ1n) is 18.8. The highest BCUT2D eigenvalue weighted by Crippen LogP contribution is 2.55. The van der Waals surface area contributed by atoms with Gasteiger partial charge in [-0.05, 0) is 63.4 Å². The van der Waals surface area contributed by atoms with Crippen molar-refractivity contribution < 1.29 is 9.32 Å². The Kier molecular flexibility index (Phi) is 8.47. The number of hydrogen-bond acceptors (Lipinski definition) is 15. The van der Waals surface area contributed by atoms with Gasteiger partial charge in [0.2, 0.25) is 5.95 Å². The van der Waals surface area contributed by atoms with Gasteiger partial charge in [0.1, 0.15) is 34.3 Å². The summed E-state index contributed by atoms with van der Waals surface area (Å²) in [5.41, 5.74) is 10.1. The average Bonchev–Trinajstić information content (AvgIpc) is 3.99. The van der Waals surface area contributed by atoms with Crippen LogP contribution >= 0.6 is 11.3 Å². The minimum Gasteiger partial charge on any atom is -0.389 e. The molecule has 16 nitrogen and oxygen atoms in total. The Bertz CT molecular complexity index is 2250. The van der Waals surface area contributed by atoms with Crippen molar-refractivity contribution in [3.05, 3.63) is 45.3 Å². The number of aryl methyl sites for hydroxylation is 1. The molecular weight excluding hydrogens is 705 g/mol. The number of fused-ring (bicyclic) bond motifs is 5. The van der Waals surface area contributed by atoms with Crippen LogP contribution in [0.5, 0.6) is 0 Å². The van der Waals surface area contributed by atoms with Gasteiger partial charge in [0, 0.05) is 67.7 Å². The monoisotopic (exact) mass is 744 g/mol. The van der Waals surface area contributed by atoms with E-state index in [1.165, 1.54) is 22.4 Å². The van der Waals surface area contributed by atoms with Crippen LogP contribution in [0.3, 0.4) is 0 Å². The van der Waals surface area contributed by atoms with E-state index in [1.54, 1.807) is 4.90 Å². The Hall–Kier alpha value is -5.57. The van der Waals surface area contributed by atoms with Gasteiger partial charge < -0.3 is 30.3 Å². The molecule has 2 aliphatic carbocycles. The lowest BCUT2D eigenvalue weighted by atomic mass is 9.63. The van der Waals surface area contributed by atoms with E-state index >= 15 is 0 Å². The number of nitrogen functional groups attached to an aromatic ring is 1. The largest absolute Gasteiger partial charge is 0.389 e. The van der Waals surface area contributed by atoms with Gasteiger partial charge in [-0.25, -0.2) is 9.78 Å². The van der Waals surface area contributed by atoms with Crippen molar-refractivity contribution in [3.8, 4) is 29.6 Å². The van der Waals surface area contributed by atoms with Gasteiger partial charge in [0.25, 0.3) is 0 Å². The zero-order chi connectivity index (χ0) is 37.1. The third-order valence-corrected chi connectivity index (χ3v) is 13.4. The fourth-order valence-electron chi connectivity index (χ4n) is 9.83.